The van der Waals surface area contributed by atoms with Gasteiger partial charge in [-0.05, 0) is 87.1 Å². The van der Waals surface area contributed by atoms with E-state index in [1.807, 2.05) is 74.4 Å². The molecule has 43 heavy (non-hydrogen) atoms. The smallest absolute Gasteiger partial charge is 0.233 e. The molecule has 0 aliphatic heterocycles. The molecular formula is C34H38FN5O2S. The SMILES string of the molecule is Cc1ccc(SC(CC(=O)c2ccc(F)cc2)C(=O)NCC2CCC(Nc3nc(N(C)C)c4ccccc4n3)CC2)cc1. The van der Waals surface area contributed by atoms with E-state index in [1.54, 1.807) is 0 Å². The molecule has 1 atom stereocenters. The van der Waals surface area contributed by atoms with Gasteiger partial charge in [0.15, 0.2) is 5.78 Å². The predicted octanol–water partition coefficient (Wildman–Crippen LogP) is 6.66. The Hall–Kier alpha value is -3.98. The minimum Gasteiger partial charge on any atom is -0.362 e. The fourth-order valence-corrected chi connectivity index (χ4v) is 6.46. The van der Waals surface area contributed by atoms with Crippen LogP contribution in [0.25, 0.3) is 10.9 Å². The van der Waals surface area contributed by atoms with Gasteiger partial charge in [-0.25, -0.2) is 9.37 Å². The lowest BCUT2D eigenvalue weighted by molar-refractivity contribution is -0.120. The highest BCUT2D eigenvalue weighted by molar-refractivity contribution is 8.00. The average molecular weight is 600 g/mol. The van der Waals surface area contributed by atoms with Gasteiger partial charge in [0, 0.05) is 48.9 Å². The fourth-order valence-electron chi connectivity index (χ4n) is 5.41. The molecule has 5 rings (SSSR count). The molecule has 1 aliphatic carbocycles. The van der Waals surface area contributed by atoms with Gasteiger partial charge in [-0.3, -0.25) is 9.59 Å². The lowest BCUT2D eigenvalue weighted by atomic mass is 9.86. The van der Waals surface area contributed by atoms with Crippen molar-refractivity contribution in [3.63, 3.8) is 0 Å². The largest absolute Gasteiger partial charge is 0.362 e. The van der Waals surface area contributed by atoms with Gasteiger partial charge >= 0.3 is 0 Å². The minimum absolute atomic E-state index is 0.0351. The van der Waals surface area contributed by atoms with Crippen LogP contribution in [0.4, 0.5) is 16.2 Å². The molecular weight excluding hydrogens is 561 g/mol. The van der Waals surface area contributed by atoms with Crippen LogP contribution in [0.2, 0.25) is 0 Å². The first kappa shape index (κ1) is 30.5. The van der Waals surface area contributed by atoms with E-state index in [1.165, 1.54) is 36.0 Å². The summed E-state index contributed by atoms with van der Waals surface area (Å²) < 4.78 is 13.4. The molecule has 1 fully saturated rings. The van der Waals surface area contributed by atoms with Gasteiger partial charge in [0.05, 0.1) is 10.8 Å². The fraction of sp³-hybridized carbons (Fsp3) is 0.353. The van der Waals surface area contributed by atoms with Crippen LogP contribution < -0.4 is 15.5 Å². The van der Waals surface area contributed by atoms with Crippen molar-refractivity contribution < 1.29 is 14.0 Å². The van der Waals surface area contributed by atoms with E-state index < -0.39 is 11.1 Å². The van der Waals surface area contributed by atoms with Gasteiger partial charge in [-0.15, -0.1) is 11.8 Å². The maximum Gasteiger partial charge on any atom is 0.233 e. The first-order valence-electron chi connectivity index (χ1n) is 14.8. The molecule has 1 amide bonds. The number of halogens is 1. The number of nitrogens with zero attached hydrogens (tertiary/aromatic N) is 3. The number of benzene rings is 3. The Balaban J connectivity index is 1.17. The maximum absolute atomic E-state index is 13.4. The Morgan fingerprint density at radius 2 is 1.65 bits per heavy atom. The van der Waals surface area contributed by atoms with Gasteiger partial charge in [0.2, 0.25) is 11.9 Å². The van der Waals surface area contributed by atoms with Crippen LogP contribution in [0, 0.1) is 18.7 Å². The van der Waals surface area contributed by atoms with Crippen molar-refractivity contribution in [1.82, 2.24) is 15.3 Å². The number of anilines is 2. The van der Waals surface area contributed by atoms with Crippen molar-refractivity contribution in [3.8, 4) is 0 Å². The number of carbonyl (C=O) groups excluding carboxylic acids is 2. The molecule has 9 heteroatoms. The van der Waals surface area contributed by atoms with Gasteiger partial charge < -0.3 is 15.5 Å². The number of carbonyl (C=O) groups is 2. The Labute approximate surface area is 256 Å². The molecule has 1 aromatic heterocycles. The van der Waals surface area contributed by atoms with E-state index in [0.717, 1.165) is 52.9 Å². The van der Waals surface area contributed by atoms with Crippen LogP contribution in [0.15, 0.2) is 77.7 Å². The van der Waals surface area contributed by atoms with Crippen molar-refractivity contribution in [1.29, 1.82) is 0 Å². The van der Waals surface area contributed by atoms with Crippen LogP contribution in [-0.2, 0) is 4.79 Å². The summed E-state index contributed by atoms with van der Waals surface area (Å²) in [7, 11) is 3.97. The number of amides is 1. The number of hydrogen-bond acceptors (Lipinski definition) is 7. The molecule has 4 aromatic rings. The number of aromatic nitrogens is 2. The number of nitrogens with one attached hydrogen (secondary N) is 2. The van der Waals surface area contributed by atoms with Crippen molar-refractivity contribution in [2.24, 2.45) is 5.92 Å². The third kappa shape index (κ3) is 8.10. The molecule has 1 unspecified atom stereocenters. The summed E-state index contributed by atoms with van der Waals surface area (Å²) in [5, 5.41) is 7.11. The predicted molar refractivity (Wildman–Crippen MR) is 172 cm³/mol. The summed E-state index contributed by atoms with van der Waals surface area (Å²) in [5.74, 6) is 1.16. The van der Waals surface area contributed by atoms with E-state index in [-0.39, 0.29) is 24.2 Å². The zero-order chi connectivity index (χ0) is 30.3. The molecule has 0 radical (unpaired) electrons. The summed E-state index contributed by atoms with van der Waals surface area (Å²) in [6, 6.07) is 21.7. The molecule has 1 saturated carbocycles. The second-order valence-electron chi connectivity index (χ2n) is 11.4. The summed E-state index contributed by atoms with van der Waals surface area (Å²) in [6.07, 6.45) is 3.89. The van der Waals surface area contributed by atoms with Gasteiger partial charge in [0.1, 0.15) is 11.6 Å². The highest BCUT2D eigenvalue weighted by Gasteiger charge is 2.27. The molecule has 0 spiro atoms. The molecule has 3 aromatic carbocycles. The zero-order valence-corrected chi connectivity index (χ0v) is 25.7. The Morgan fingerprint density at radius 1 is 0.953 bits per heavy atom. The van der Waals surface area contributed by atoms with Crippen LogP contribution in [0.1, 0.15) is 48.0 Å². The van der Waals surface area contributed by atoms with Crippen molar-refractivity contribution in [2.45, 2.75) is 55.2 Å². The molecule has 1 heterocycles. The van der Waals surface area contributed by atoms with Crippen molar-refractivity contribution in [2.75, 3.05) is 30.9 Å². The highest BCUT2D eigenvalue weighted by atomic mass is 32.2. The number of hydrogen-bond donors (Lipinski definition) is 2. The standard InChI is InChI=1S/C34H38FN5O2S/c1-22-8-18-27(19-9-22)43-31(20-30(41)24-12-14-25(35)15-13-24)33(42)36-21-23-10-16-26(17-11-23)37-34-38-29-7-5-4-6-28(29)32(39-34)40(2)3/h4-9,12-15,18-19,23,26,31H,10-11,16-17,20-21H2,1-3H3,(H,36,42)(H,37,38,39). The third-order valence-corrected chi connectivity index (χ3v) is 9.09. The van der Waals surface area contributed by atoms with Gasteiger partial charge in [-0.1, -0.05) is 29.8 Å². The van der Waals surface area contributed by atoms with E-state index >= 15 is 0 Å². The van der Waals surface area contributed by atoms with Crippen LogP contribution in [0.5, 0.6) is 0 Å². The Kier molecular flexibility index (Phi) is 9.92. The molecule has 0 bridgehead atoms. The number of para-hydroxylation sites is 1. The molecule has 224 valence electrons. The van der Waals surface area contributed by atoms with E-state index in [4.69, 9.17) is 9.97 Å². The number of rotatable bonds is 11. The highest BCUT2D eigenvalue weighted by Crippen LogP contribution is 2.30. The monoisotopic (exact) mass is 599 g/mol. The van der Waals surface area contributed by atoms with Gasteiger partial charge in [-0.2, -0.15) is 4.98 Å². The van der Waals surface area contributed by atoms with Crippen molar-refractivity contribution in [3.05, 3.63) is 89.7 Å². The summed E-state index contributed by atoms with van der Waals surface area (Å²) in [5.41, 5.74) is 2.45. The minimum atomic E-state index is -0.589. The van der Waals surface area contributed by atoms with Crippen LogP contribution in [-0.4, -0.2) is 53.6 Å². The number of aryl methyl sites for hydroxylation is 1. The summed E-state index contributed by atoms with van der Waals surface area (Å²) in [6.45, 7) is 2.58. The lowest BCUT2D eigenvalue weighted by Crippen LogP contribution is -2.39. The summed E-state index contributed by atoms with van der Waals surface area (Å²) >= 11 is 1.39. The first-order valence-corrected chi connectivity index (χ1v) is 15.6. The zero-order valence-electron chi connectivity index (χ0n) is 24.8. The third-order valence-electron chi connectivity index (χ3n) is 7.88. The number of Topliss-reactive ketones (excluding diaryl/α,β-unsaturated/α-hetero) is 1. The number of ketones is 1. The topological polar surface area (TPSA) is 87.2 Å². The quantitative estimate of drug-likeness (QED) is 0.147. The van der Waals surface area contributed by atoms with Gasteiger partial charge in [0.25, 0.3) is 0 Å². The Morgan fingerprint density at radius 3 is 2.35 bits per heavy atom. The second kappa shape index (κ2) is 14.0. The summed E-state index contributed by atoms with van der Waals surface area (Å²) in [4.78, 5) is 38.9. The van der Waals surface area contributed by atoms with Crippen LogP contribution in [0.3, 0.4) is 0 Å². The maximum atomic E-state index is 13.4. The molecule has 1 aliphatic rings. The normalized spacial score (nSPS) is 17.3. The number of fused-ring (bicyclic) bond motifs is 1. The Bertz CT molecular complexity index is 1550. The number of thioether (sulfide) groups is 1. The lowest BCUT2D eigenvalue weighted by Gasteiger charge is -2.30. The van der Waals surface area contributed by atoms with E-state index in [0.29, 0.717) is 24.0 Å². The molecule has 0 saturated heterocycles. The first-order chi connectivity index (χ1) is 20.7. The van der Waals surface area contributed by atoms with Crippen LogP contribution >= 0.6 is 11.8 Å². The average Bonchev–Trinajstić information content (AvgIpc) is 3.01. The van der Waals surface area contributed by atoms with E-state index in [2.05, 4.69) is 10.6 Å². The second-order valence-corrected chi connectivity index (χ2v) is 12.7. The van der Waals surface area contributed by atoms with E-state index in [9.17, 15) is 14.0 Å². The molecule has 7 nitrogen and oxygen atoms in total. The molecule has 2 N–H and O–H groups in total. The van der Waals surface area contributed by atoms with Crippen molar-refractivity contribution >= 4 is 46.1 Å².